The van der Waals surface area contributed by atoms with Gasteiger partial charge in [-0.15, -0.1) is 0 Å². The molecule has 164 valence electrons. The fourth-order valence-electron chi connectivity index (χ4n) is 4.80. The minimum Gasteiger partial charge on any atom is -0.446 e. The molecule has 0 spiro atoms. The molecule has 0 amide bonds. The van der Waals surface area contributed by atoms with Crippen LogP contribution < -0.4 is 9.30 Å². The van der Waals surface area contributed by atoms with Gasteiger partial charge >= 0.3 is 5.88 Å². The van der Waals surface area contributed by atoms with Crippen LogP contribution in [0.15, 0.2) is 60.8 Å². The zero-order chi connectivity index (χ0) is 22.1. The van der Waals surface area contributed by atoms with Crippen molar-refractivity contribution in [3.05, 3.63) is 78.0 Å². The Morgan fingerprint density at radius 2 is 1.75 bits per heavy atom. The van der Waals surface area contributed by atoms with Crippen LogP contribution in [0.2, 0.25) is 0 Å². The number of imidazole rings is 1. The predicted octanol–water partition coefficient (Wildman–Crippen LogP) is 5.83. The first-order chi connectivity index (χ1) is 15.7. The van der Waals surface area contributed by atoms with Gasteiger partial charge in [-0.25, -0.2) is 13.8 Å². The lowest BCUT2D eigenvalue weighted by molar-refractivity contribution is -0.691. The molecule has 1 saturated carbocycles. The van der Waals surface area contributed by atoms with Crippen LogP contribution in [0.3, 0.4) is 0 Å². The summed E-state index contributed by atoms with van der Waals surface area (Å²) in [6.45, 7) is 0.532. The van der Waals surface area contributed by atoms with E-state index in [0.29, 0.717) is 23.8 Å². The van der Waals surface area contributed by atoms with Crippen molar-refractivity contribution in [2.24, 2.45) is 0 Å². The van der Waals surface area contributed by atoms with Gasteiger partial charge < -0.3 is 9.30 Å². The van der Waals surface area contributed by atoms with E-state index in [1.165, 1.54) is 24.6 Å². The number of pyridine rings is 1. The summed E-state index contributed by atoms with van der Waals surface area (Å²) in [7, 11) is 1.65. The molecule has 4 aromatic rings. The fraction of sp³-hybridized carbons (Fsp3) is 0.308. The number of methoxy groups -OCH3 is 1. The Kier molecular flexibility index (Phi) is 5.60. The molecule has 1 fully saturated rings. The van der Waals surface area contributed by atoms with E-state index in [9.17, 15) is 8.78 Å². The van der Waals surface area contributed by atoms with Crippen molar-refractivity contribution < 1.29 is 18.1 Å². The molecule has 0 radical (unpaired) electrons. The van der Waals surface area contributed by atoms with E-state index in [0.717, 1.165) is 42.3 Å². The Balaban J connectivity index is 1.71. The molecule has 2 aromatic heterocycles. The van der Waals surface area contributed by atoms with Gasteiger partial charge in [0.05, 0.1) is 12.7 Å². The highest BCUT2D eigenvalue weighted by Crippen LogP contribution is 2.38. The largest absolute Gasteiger partial charge is 0.446 e. The predicted molar refractivity (Wildman–Crippen MR) is 119 cm³/mol. The molecule has 4 nitrogen and oxygen atoms in total. The Hall–Kier alpha value is -3.28. The monoisotopic (exact) mass is 434 g/mol. The van der Waals surface area contributed by atoms with Crippen LogP contribution in [0, 0.1) is 11.6 Å². The van der Waals surface area contributed by atoms with Gasteiger partial charge in [-0.3, -0.25) is 0 Å². The zero-order valence-corrected chi connectivity index (χ0v) is 18.1. The number of rotatable bonds is 5. The topological polar surface area (TPSA) is 30.9 Å². The van der Waals surface area contributed by atoms with Crippen LogP contribution in [0.5, 0.6) is 5.88 Å². The summed E-state index contributed by atoms with van der Waals surface area (Å²) in [5, 5.41) is 0. The molecule has 0 aliphatic heterocycles. The highest BCUT2D eigenvalue weighted by atomic mass is 19.1. The molecular formula is C26H26F2N3O+. The van der Waals surface area contributed by atoms with E-state index < -0.39 is 0 Å². The Labute approximate surface area is 186 Å². The number of ether oxygens (including phenoxy) is 1. The van der Waals surface area contributed by atoms with E-state index in [-0.39, 0.29) is 17.7 Å². The normalized spacial score (nSPS) is 14.7. The number of halogens is 2. The van der Waals surface area contributed by atoms with Gasteiger partial charge in [0.25, 0.3) is 0 Å². The summed E-state index contributed by atoms with van der Waals surface area (Å²) in [5.41, 5.74) is 3.12. The maximum absolute atomic E-state index is 14.8. The maximum Gasteiger partial charge on any atom is 0.394 e. The first-order valence-electron chi connectivity index (χ1n) is 11.1. The number of nitrogens with zero attached hydrogens (tertiary/aromatic N) is 3. The molecule has 0 atom stereocenters. The minimum absolute atomic E-state index is 0.235. The van der Waals surface area contributed by atoms with Gasteiger partial charge in [0.15, 0.2) is 18.3 Å². The molecule has 6 heteroatoms. The number of fused-ring (bicyclic) bond motifs is 1. The molecule has 0 N–H and O–H groups in total. The molecule has 0 bridgehead atoms. The maximum atomic E-state index is 14.8. The van der Waals surface area contributed by atoms with Gasteiger partial charge in [0.2, 0.25) is 0 Å². The van der Waals surface area contributed by atoms with E-state index in [1.807, 2.05) is 22.9 Å². The second kappa shape index (κ2) is 8.69. The van der Waals surface area contributed by atoms with Crippen LogP contribution in [-0.4, -0.2) is 16.7 Å². The van der Waals surface area contributed by atoms with E-state index in [4.69, 9.17) is 9.72 Å². The summed E-state index contributed by atoms with van der Waals surface area (Å²) in [5.74, 6) is 0.777. The first-order valence-corrected chi connectivity index (χ1v) is 11.1. The van der Waals surface area contributed by atoms with Gasteiger partial charge in [-0.1, -0.05) is 31.4 Å². The van der Waals surface area contributed by atoms with Crippen molar-refractivity contribution in [2.75, 3.05) is 7.11 Å². The standard InChI is InChI=1S/C26H26F2N3O/c1-32-26-24-23(15-16-30(26)17-18-11-13-19(27)14-12-18)29-25(21-9-5-6-10-22(21)28)31(24)20-7-3-2-4-8-20/h5-6,9-16,20H,2-4,7-8,17H2,1H3/q+1. The Bertz CT molecular complexity index is 1240. The van der Waals surface area contributed by atoms with Crippen molar-refractivity contribution in [1.29, 1.82) is 0 Å². The van der Waals surface area contributed by atoms with Crippen molar-refractivity contribution in [2.45, 2.75) is 44.7 Å². The smallest absolute Gasteiger partial charge is 0.394 e. The van der Waals surface area contributed by atoms with Crippen molar-refractivity contribution in [3.63, 3.8) is 0 Å². The molecule has 2 heterocycles. The number of aromatic nitrogens is 3. The Morgan fingerprint density at radius 3 is 2.47 bits per heavy atom. The summed E-state index contributed by atoms with van der Waals surface area (Å²) < 4.78 is 38.3. The SMILES string of the molecule is COc1c2c(cc[n+]1Cc1ccc(F)cc1)nc(-c1ccccc1F)n2C1CCCCC1. The fourth-order valence-corrected chi connectivity index (χ4v) is 4.80. The van der Waals surface area contributed by atoms with E-state index in [2.05, 4.69) is 4.57 Å². The van der Waals surface area contributed by atoms with Crippen molar-refractivity contribution in [3.8, 4) is 17.3 Å². The highest BCUT2D eigenvalue weighted by Gasteiger charge is 2.29. The van der Waals surface area contributed by atoms with Crippen LogP contribution in [0.1, 0.15) is 43.7 Å². The van der Waals surface area contributed by atoms with Crippen LogP contribution in [-0.2, 0) is 6.54 Å². The minimum atomic E-state index is -0.280. The summed E-state index contributed by atoms with van der Waals surface area (Å²) in [4.78, 5) is 4.87. The first kappa shape index (κ1) is 20.6. The second-order valence-corrected chi connectivity index (χ2v) is 8.39. The van der Waals surface area contributed by atoms with Gasteiger partial charge in [-0.2, -0.15) is 4.57 Å². The van der Waals surface area contributed by atoms with Crippen LogP contribution in [0.4, 0.5) is 8.78 Å². The van der Waals surface area contributed by atoms with Crippen molar-refractivity contribution >= 4 is 11.0 Å². The average Bonchev–Trinajstić information content (AvgIpc) is 3.21. The molecule has 32 heavy (non-hydrogen) atoms. The van der Waals surface area contributed by atoms with Gasteiger partial charge in [0, 0.05) is 17.7 Å². The van der Waals surface area contributed by atoms with Gasteiger partial charge in [-0.05, 0) is 49.2 Å². The third-order valence-electron chi connectivity index (χ3n) is 6.33. The lowest BCUT2D eigenvalue weighted by Crippen LogP contribution is -2.36. The third kappa shape index (κ3) is 3.74. The molecule has 5 rings (SSSR count). The van der Waals surface area contributed by atoms with E-state index in [1.54, 1.807) is 31.4 Å². The molecular weight excluding hydrogens is 408 g/mol. The average molecular weight is 435 g/mol. The van der Waals surface area contributed by atoms with Crippen LogP contribution in [0.25, 0.3) is 22.4 Å². The zero-order valence-electron chi connectivity index (χ0n) is 18.1. The molecule has 1 aliphatic carbocycles. The summed E-state index contributed by atoms with van der Waals surface area (Å²) >= 11 is 0. The second-order valence-electron chi connectivity index (χ2n) is 8.39. The molecule has 2 aromatic carbocycles. The number of benzene rings is 2. The van der Waals surface area contributed by atoms with E-state index >= 15 is 0 Å². The number of hydrogen-bond donors (Lipinski definition) is 0. The number of hydrogen-bond acceptors (Lipinski definition) is 2. The Morgan fingerprint density at radius 1 is 1.00 bits per heavy atom. The quantitative estimate of drug-likeness (QED) is 0.370. The molecule has 1 aliphatic rings. The summed E-state index contributed by atoms with van der Waals surface area (Å²) in [6, 6.07) is 15.5. The molecule has 0 unspecified atom stereocenters. The van der Waals surface area contributed by atoms with Crippen molar-refractivity contribution in [1.82, 2.24) is 9.55 Å². The lowest BCUT2D eigenvalue weighted by atomic mass is 9.95. The summed E-state index contributed by atoms with van der Waals surface area (Å²) in [6.07, 6.45) is 7.50. The van der Waals surface area contributed by atoms with Crippen LogP contribution >= 0.6 is 0 Å². The lowest BCUT2D eigenvalue weighted by Gasteiger charge is -2.25. The van der Waals surface area contributed by atoms with Gasteiger partial charge in [0.1, 0.15) is 23.0 Å². The third-order valence-corrected chi connectivity index (χ3v) is 6.33. The molecule has 0 saturated heterocycles. The highest BCUT2D eigenvalue weighted by molar-refractivity contribution is 5.84.